The molecule has 2 aliphatic rings. The maximum absolute atomic E-state index is 12.6. The van der Waals surface area contributed by atoms with Gasteiger partial charge in [-0.15, -0.1) is 0 Å². The summed E-state index contributed by atoms with van der Waals surface area (Å²) in [7, 11) is 0. The van der Waals surface area contributed by atoms with Crippen molar-refractivity contribution < 1.29 is 14.7 Å². The summed E-state index contributed by atoms with van der Waals surface area (Å²) in [6.45, 7) is 7.09. The second-order valence-electron chi connectivity index (χ2n) is 7.09. The molecule has 3 atom stereocenters. The number of hydrogen-bond donors (Lipinski definition) is 2. The molecule has 120 valence electrons. The zero-order chi connectivity index (χ0) is 15.6. The van der Waals surface area contributed by atoms with Crippen LogP contribution in [0.3, 0.4) is 0 Å². The van der Waals surface area contributed by atoms with Crippen LogP contribution in [-0.4, -0.2) is 40.1 Å². The monoisotopic (exact) mass is 296 g/mol. The molecule has 0 aromatic heterocycles. The van der Waals surface area contributed by atoms with Crippen LogP contribution in [0.2, 0.25) is 0 Å². The van der Waals surface area contributed by atoms with E-state index in [-0.39, 0.29) is 12.1 Å². The highest BCUT2D eigenvalue weighted by Gasteiger charge is 2.43. The molecule has 21 heavy (non-hydrogen) atoms. The molecule has 0 aromatic carbocycles. The minimum Gasteiger partial charge on any atom is -0.480 e. The van der Waals surface area contributed by atoms with E-state index < -0.39 is 11.5 Å². The molecule has 2 N–H and O–H groups in total. The third-order valence-electron chi connectivity index (χ3n) is 5.32. The van der Waals surface area contributed by atoms with E-state index in [9.17, 15) is 14.7 Å². The summed E-state index contributed by atoms with van der Waals surface area (Å²) in [5, 5.41) is 12.4. The number of carboxylic acids is 1. The largest absolute Gasteiger partial charge is 0.480 e. The first kappa shape index (κ1) is 16.1. The number of aliphatic carboxylic acids is 1. The van der Waals surface area contributed by atoms with Crippen molar-refractivity contribution >= 4 is 12.0 Å². The van der Waals surface area contributed by atoms with E-state index in [2.05, 4.69) is 26.1 Å². The predicted octanol–water partition coefficient (Wildman–Crippen LogP) is 2.85. The Kier molecular flexibility index (Phi) is 4.79. The maximum Gasteiger partial charge on any atom is 0.329 e. The van der Waals surface area contributed by atoms with Crippen molar-refractivity contribution in [1.82, 2.24) is 10.2 Å². The zero-order valence-corrected chi connectivity index (χ0v) is 13.4. The Morgan fingerprint density at radius 1 is 1.14 bits per heavy atom. The van der Waals surface area contributed by atoms with E-state index in [0.717, 1.165) is 25.7 Å². The number of urea groups is 1. The van der Waals surface area contributed by atoms with E-state index in [1.165, 1.54) is 0 Å². The summed E-state index contributed by atoms with van der Waals surface area (Å²) in [6, 6.07) is -0.0409. The standard InChI is InChI=1S/C16H28N2O3/c1-11-9-12(2)13(3)18(10-11)15(21)17-16(14(19)20)7-5-4-6-8-16/h11-13H,4-10H2,1-3H3,(H,17,21)(H,19,20). The fourth-order valence-corrected chi connectivity index (χ4v) is 3.81. The average Bonchev–Trinajstić information content (AvgIpc) is 2.43. The van der Waals surface area contributed by atoms with Gasteiger partial charge < -0.3 is 15.3 Å². The highest BCUT2D eigenvalue weighted by Crippen LogP contribution is 2.31. The van der Waals surface area contributed by atoms with Gasteiger partial charge in [-0.25, -0.2) is 9.59 Å². The molecule has 0 aromatic rings. The fourth-order valence-electron chi connectivity index (χ4n) is 3.81. The number of carbonyl (C=O) groups is 2. The van der Waals surface area contributed by atoms with Crippen LogP contribution in [0, 0.1) is 11.8 Å². The average molecular weight is 296 g/mol. The molecule has 1 saturated heterocycles. The Hall–Kier alpha value is -1.26. The number of rotatable bonds is 2. The lowest BCUT2D eigenvalue weighted by molar-refractivity contribution is -0.146. The van der Waals surface area contributed by atoms with Gasteiger partial charge in [-0.05, 0) is 38.0 Å². The van der Waals surface area contributed by atoms with Gasteiger partial charge in [-0.3, -0.25) is 0 Å². The number of piperidine rings is 1. The number of nitrogens with one attached hydrogen (secondary N) is 1. The first-order chi connectivity index (χ1) is 9.85. The third kappa shape index (κ3) is 3.33. The first-order valence-electron chi connectivity index (χ1n) is 8.18. The van der Waals surface area contributed by atoms with Crippen LogP contribution < -0.4 is 5.32 Å². The van der Waals surface area contributed by atoms with Crippen molar-refractivity contribution in [1.29, 1.82) is 0 Å². The minimum atomic E-state index is -1.06. The van der Waals surface area contributed by atoms with Crippen molar-refractivity contribution in [3.8, 4) is 0 Å². The van der Waals surface area contributed by atoms with Gasteiger partial charge in [0.05, 0.1) is 0 Å². The van der Waals surface area contributed by atoms with Crippen LogP contribution in [0.1, 0.15) is 59.3 Å². The molecular formula is C16H28N2O3. The van der Waals surface area contributed by atoms with Gasteiger partial charge in [0, 0.05) is 12.6 Å². The smallest absolute Gasteiger partial charge is 0.329 e. The molecule has 1 saturated carbocycles. The Bertz CT molecular complexity index is 404. The van der Waals surface area contributed by atoms with E-state index in [4.69, 9.17) is 0 Å². The van der Waals surface area contributed by atoms with Gasteiger partial charge >= 0.3 is 12.0 Å². The Balaban J connectivity index is 2.09. The molecule has 1 aliphatic heterocycles. The number of hydrogen-bond acceptors (Lipinski definition) is 2. The van der Waals surface area contributed by atoms with Gasteiger partial charge in [0.2, 0.25) is 0 Å². The van der Waals surface area contributed by atoms with Crippen molar-refractivity contribution in [3.63, 3.8) is 0 Å². The quantitative estimate of drug-likeness (QED) is 0.823. The van der Waals surface area contributed by atoms with Gasteiger partial charge in [0.1, 0.15) is 5.54 Å². The summed E-state index contributed by atoms with van der Waals surface area (Å²) in [5.74, 6) is 0.0297. The van der Waals surface area contributed by atoms with Crippen LogP contribution >= 0.6 is 0 Å². The van der Waals surface area contributed by atoms with Gasteiger partial charge in [-0.1, -0.05) is 33.1 Å². The lowest BCUT2D eigenvalue weighted by Gasteiger charge is -2.43. The first-order valence-corrected chi connectivity index (χ1v) is 8.18. The summed E-state index contributed by atoms with van der Waals surface area (Å²) >= 11 is 0. The second-order valence-corrected chi connectivity index (χ2v) is 7.09. The van der Waals surface area contributed by atoms with Crippen LogP contribution in [0.4, 0.5) is 4.79 Å². The van der Waals surface area contributed by atoms with Crippen LogP contribution in [-0.2, 0) is 4.79 Å². The number of likely N-dealkylation sites (tertiary alicyclic amines) is 1. The Morgan fingerprint density at radius 3 is 2.33 bits per heavy atom. The molecule has 1 aliphatic carbocycles. The number of carboxylic acid groups (broad SMARTS) is 1. The molecule has 2 rings (SSSR count). The lowest BCUT2D eigenvalue weighted by atomic mass is 9.81. The van der Waals surface area contributed by atoms with E-state index in [1.54, 1.807) is 0 Å². The van der Waals surface area contributed by atoms with Crippen LogP contribution in [0.15, 0.2) is 0 Å². The molecule has 0 bridgehead atoms. The predicted molar refractivity (Wildman–Crippen MR) is 81.1 cm³/mol. The number of nitrogens with zero attached hydrogens (tertiary/aromatic N) is 1. The zero-order valence-electron chi connectivity index (χ0n) is 13.4. The highest BCUT2D eigenvalue weighted by molar-refractivity contribution is 5.86. The molecule has 0 spiro atoms. The van der Waals surface area contributed by atoms with E-state index in [0.29, 0.717) is 31.2 Å². The van der Waals surface area contributed by atoms with Crippen molar-refractivity contribution in [2.24, 2.45) is 11.8 Å². The van der Waals surface area contributed by atoms with Crippen LogP contribution in [0.5, 0.6) is 0 Å². The summed E-state index contributed by atoms with van der Waals surface area (Å²) < 4.78 is 0. The normalized spacial score (nSPS) is 32.5. The molecular weight excluding hydrogens is 268 g/mol. The highest BCUT2D eigenvalue weighted by atomic mass is 16.4. The van der Waals surface area contributed by atoms with Gasteiger partial charge in [-0.2, -0.15) is 0 Å². The number of amides is 2. The van der Waals surface area contributed by atoms with Crippen molar-refractivity contribution in [2.75, 3.05) is 6.54 Å². The molecule has 5 heteroatoms. The Labute approximate surface area is 127 Å². The summed E-state index contributed by atoms with van der Waals surface area (Å²) in [5.41, 5.74) is -1.06. The molecule has 2 amide bonds. The second kappa shape index (κ2) is 6.24. The summed E-state index contributed by atoms with van der Waals surface area (Å²) in [4.78, 5) is 26.1. The van der Waals surface area contributed by atoms with Gasteiger partial charge in [0.15, 0.2) is 0 Å². The van der Waals surface area contributed by atoms with E-state index >= 15 is 0 Å². The molecule has 1 heterocycles. The maximum atomic E-state index is 12.6. The Morgan fingerprint density at radius 2 is 1.76 bits per heavy atom. The summed E-state index contributed by atoms with van der Waals surface area (Å²) in [6.07, 6.45) is 5.00. The lowest BCUT2D eigenvalue weighted by Crippen LogP contribution is -2.61. The molecule has 3 unspecified atom stereocenters. The SMILES string of the molecule is CC1CC(C)C(C)N(C(=O)NC2(C(=O)O)CCCCC2)C1. The third-order valence-corrected chi connectivity index (χ3v) is 5.32. The van der Waals surface area contributed by atoms with Crippen molar-refractivity contribution in [2.45, 2.75) is 70.9 Å². The van der Waals surface area contributed by atoms with Crippen molar-refractivity contribution in [3.05, 3.63) is 0 Å². The fraction of sp³-hybridized carbons (Fsp3) is 0.875. The molecule has 2 fully saturated rings. The van der Waals surface area contributed by atoms with Crippen LogP contribution in [0.25, 0.3) is 0 Å². The topological polar surface area (TPSA) is 69.6 Å². The van der Waals surface area contributed by atoms with Gasteiger partial charge in [0.25, 0.3) is 0 Å². The minimum absolute atomic E-state index is 0.163. The van der Waals surface area contributed by atoms with E-state index in [1.807, 2.05) is 4.90 Å². The number of carbonyl (C=O) groups excluding carboxylic acids is 1. The molecule has 0 radical (unpaired) electrons. The molecule has 5 nitrogen and oxygen atoms in total.